The zero-order valence-corrected chi connectivity index (χ0v) is 13.3. The number of hydrogen-bond donors (Lipinski definition) is 2. The Labute approximate surface area is 140 Å². The van der Waals surface area contributed by atoms with E-state index in [4.69, 9.17) is 0 Å². The van der Waals surface area contributed by atoms with Gasteiger partial charge in [-0.15, -0.1) is 0 Å². The number of phenolic OH excluding ortho intramolecular Hbond substituents is 1. The molecular formula is C20H17N3O. The van der Waals surface area contributed by atoms with E-state index in [2.05, 4.69) is 28.2 Å². The molecule has 2 N–H and O–H groups in total. The number of aromatic nitrogens is 2. The quantitative estimate of drug-likeness (QED) is 0.576. The van der Waals surface area contributed by atoms with Crippen LogP contribution >= 0.6 is 0 Å². The SMILES string of the molecule is CN(c1cccnc1)c1cc(O)cc(-c2cccc3[nH]ccc23)c1. The summed E-state index contributed by atoms with van der Waals surface area (Å²) in [5, 5.41) is 11.4. The highest BCUT2D eigenvalue weighted by Crippen LogP contribution is 2.35. The predicted molar refractivity (Wildman–Crippen MR) is 97.7 cm³/mol. The van der Waals surface area contributed by atoms with Crippen molar-refractivity contribution in [2.75, 3.05) is 11.9 Å². The van der Waals surface area contributed by atoms with Gasteiger partial charge in [-0.05, 0) is 47.5 Å². The van der Waals surface area contributed by atoms with Crippen molar-refractivity contribution < 1.29 is 5.11 Å². The Bertz CT molecular complexity index is 992. The summed E-state index contributed by atoms with van der Waals surface area (Å²) in [4.78, 5) is 9.39. The molecule has 0 spiro atoms. The number of benzene rings is 2. The first-order valence-electron chi connectivity index (χ1n) is 7.77. The maximum Gasteiger partial charge on any atom is 0.118 e. The van der Waals surface area contributed by atoms with Gasteiger partial charge in [0.05, 0.1) is 11.9 Å². The first-order valence-corrected chi connectivity index (χ1v) is 7.77. The van der Waals surface area contributed by atoms with Crippen LogP contribution in [-0.4, -0.2) is 22.1 Å². The molecule has 0 aliphatic carbocycles. The molecule has 4 nitrogen and oxygen atoms in total. The normalized spacial score (nSPS) is 10.9. The predicted octanol–water partition coefficient (Wildman–Crippen LogP) is 4.70. The lowest BCUT2D eigenvalue weighted by Crippen LogP contribution is -2.09. The monoisotopic (exact) mass is 315 g/mol. The van der Waals surface area contributed by atoms with Crippen LogP contribution in [0, 0.1) is 0 Å². The van der Waals surface area contributed by atoms with Gasteiger partial charge in [0.2, 0.25) is 0 Å². The first kappa shape index (κ1) is 14.3. The lowest BCUT2D eigenvalue weighted by Gasteiger charge is -2.20. The molecule has 0 unspecified atom stereocenters. The lowest BCUT2D eigenvalue weighted by atomic mass is 10.0. The van der Waals surface area contributed by atoms with Crippen LogP contribution in [0.25, 0.3) is 22.0 Å². The molecule has 0 aliphatic heterocycles. The van der Waals surface area contributed by atoms with Gasteiger partial charge < -0.3 is 15.0 Å². The molecule has 4 heteroatoms. The highest BCUT2D eigenvalue weighted by molar-refractivity contribution is 5.96. The summed E-state index contributed by atoms with van der Waals surface area (Å²) in [6.07, 6.45) is 5.48. The van der Waals surface area contributed by atoms with Crippen LogP contribution in [0.4, 0.5) is 11.4 Å². The number of fused-ring (bicyclic) bond motifs is 1. The summed E-state index contributed by atoms with van der Waals surface area (Å²) in [6.45, 7) is 0. The summed E-state index contributed by atoms with van der Waals surface area (Å²) in [5.41, 5.74) is 5.02. The molecular weight excluding hydrogens is 298 g/mol. The standard InChI is InChI=1S/C20H17N3O/c1-23(15-4-3-8-21-13-15)16-10-14(11-17(24)12-16)18-5-2-6-20-19(18)7-9-22-20/h2-13,22,24H,1H3. The van der Waals surface area contributed by atoms with Crippen molar-refractivity contribution in [2.24, 2.45) is 0 Å². The van der Waals surface area contributed by atoms with Crippen LogP contribution in [0.5, 0.6) is 5.75 Å². The summed E-state index contributed by atoms with van der Waals surface area (Å²) >= 11 is 0. The van der Waals surface area contributed by atoms with Crippen molar-refractivity contribution in [1.29, 1.82) is 0 Å². The topological polar surface area (TPSA) is 52.1 Å². The fourth-order valence-corrected chi connectivity index (χ4v) is 2.98. The largest absolute Gasteiger partial charge is 0.508 e. The van der Waals surface area contributed by atoms with Gasteiger partial charge in [-0.2, -0.15) is 0 Å². The number of pyridine rings is 1. The molecule has 4 rings (SSSR count). The van der Waals surface area contributed by atoms with Crippen molar-refractivity contribution in [3.8, 4) is 16.9 Å². The molecule has 2 heterocycles. The molecule has 24 heavy (non-hydrogen) atoms. The Balaban J connectivity index is 1.84. The Morgan fingerprint density at radius 2 is 1.92 bits per heavy atom. The number of phenols is 1. The molecule has 0 fully saturated rings. The molecule has 118 valence electrons. The smallest absolute Gasteiger partial charge is 0.118 e. The van der Waals surface area contributed by atoms with Crippen molar-refractivity contribution in [3.05, 3.63) is 73.2 Å². The minimum atomic E-state index is 0.241. The Kier molecular flexibility index (Phi) is 3.43. The molecule has 0 saturated carbocycles. The summed E-state index contributed by atoms with van der Waals surface area (Å²) < 4.78 is 0. The zero-order valence-electron chi connectivity index (χ0n) is 13.3. The van der Waals surface area contributed by atoms with Gasteiger partial charge in [0.1, 0.15) is 5.75 Å². The van der Waals surface area contributed by atoms with Gasteiger partial charge in [0.15, 0.2) is 0 Å². The van der Waals surface area contributed by atoms with Gasteiger partial charge in [-0.3, -0.25) is 4.98 Å². The van der Waals surface area contributed by atoms with Crippen LogP contribution in [-0.2, 0) is 0 Å². The average molecular weight is 315 g/mol. The van der Waals surface area contributed by atoms with E-state index in [1.807, 2.05) is 42.4 Å². The maximum absolute atomic E-state index is 10.2. The molecule has 0 aliphatic rings. The molecule has 0 radical (unpaired) electrons. The van der Waals surface area contributed by atoms with Gasteiger partial charge in [0, 0.05) is 42.1 Å². The van der Waals surface area contributed by atoms with Gasteiger partial charge in [-0.1, -0.05) is 12.1 Å². The van der Waals surface area contributed by atoms with Crippen LogP contribution in [0.15, 0.2) is 73.2 Å². The molecule has 0 amide bonds. The summed E-state index contributed by atoms with van der Waals surface area (Å²) in [5.74, 6) is 0.241. The van der Waals surface area contributed by atoms with Gasteiger partial charge >= 0.3 is 0 Å². The van der Waals surface area contributed by atoms with Crippen LogP contribution < -0.4 is 4.90 Å². The number of rotatable bonds is 3. The second-order valence-electron chi connectivity index (χ2n) is 5.75. The molecule has 4 aromatic rings. The molecule has 2 aromatic heterocycles. The van der Waals surface area contributed by atoms with E-state index in [0.717, 1.165) is 33.4 Å². The summed E-state index contributed by atoms with van der Waals surface area (Å²) in [6, 6.07) is 17.7. The molecule has 0 atom stereocenters. The third-order valence-corrected chi connectivity index (χ3v) is 4.23. The second-order valence-corrected chi connectivity index (χ2v) is 5.75. The Hall–Kier alpha value is -3.27. The van der Waals surface area contributed by atoms with Gasteiger partial charge in [-0.25, -0.2) is 0 Å². The van der Waals surface area contributed by atoms with E-state index < -0.39 is 0 Å². The Morgan fingerprint density at radius 3 is 2.75 bits per heavy atom. The highest BCUT2D eigenvalue weighted by atomic mass is 16.3. The van der Waals surface area contributed by atoms with Crippen LogP contribution in [0.1, 0.15) is 0 Å². The summed E-state index contributed by atoms with van der Waals surface area (Å²) in [7, 11) is 1.96. The van der Waals surface area contributed by atoms with E-state index in [9.17, 15) is 5.11 Å². The van der Waals surface area contributed by atoms with E-state index in [0.29, 0.717) is 0 Å². The van der Waals surface area contributed by atoms with Crippen molar-refractivity contribution >= 4 is 22.3 Å². The van der Waals surface area contributed by atoms with E-state index in [-0.39, 0.29) is 5.75 Å². The number of nitrogens with one attached hydrogen (secondary N) is 1. The average Bonchev–Trinajstić information content (AvgIpc) is 3.10. The first-order chi connectivity index (χ1) is 11.7. The highest BCUT2D eigenvalue weighted by Gasteiger charge is 2.10. The number of anilines is 2. The van der Waals surface area contributed by atoms with Crippen LogP contribution in [0.3, 0.4) is 0 Å². The zero-order chi connectivity index (χ0) is 16.5. The third kappa shape index (κ3) is 2.48. The molecule has 0 bridgehead atoms. The van der Waals surface area contributed by atoms with Crippen molar-refractivity contribution in [2.45, 2.75) is 0 Å². The number of nitrogens with zero attached hydrogens (tertiary/aromatic N) is 2. The number of aromatic amines is 1. The number of hydrogen-bond acceptors (Lipinski definition) is 3. The van der Waals surface area contributed by atoms with Crippen molar-refractivity contribution in [3.63, 3.8) is 0 Å². The lowest BCUT2D eigenvalue weighted by molar-refractivity contribution is 0.475. The molecule has 0 saturated heterocycles. The number of H-pyrrole nitrogens is 1. The number of aromatic hydroxyl groups is 1. The van der Waals surface area contributed by atoms with E-state index >= 15 is 0 Å². The Morgan fingerprint density at radius 1 is 1.00 bits per heavy atom. The minimum Gasteiger partial charge on any atom is -0.508 e. The van der Waals surface area contributed by atoms with E-state index in [1.54, 1.807) is 24.5 Å². The minimum absolute atomic E-state index is 0.241. The second kappa shape index (κ2) is 5.74. The van der Waals surface area contributed by atoms with Crippen LogP contribution in [0.2, 0.25) is 0 Å². The maximum atomic E-state index is 10.2. The van der Waals surface area contributed by atoms with E-state index in [1.165, 1.54) is 0 Å². The fraction of sp³-hybridized carbons (Fsp3) is 0.0500. The van der Waals surface area contributed by atoms with Gasteiger partial charge in [0.25, 0.3) is 0 Å². The molecule has 2 aromatic carbocycles. The van der Waals surface area contributed by atoms with Crippen molar-refractivity contribution in [1.82, 2.24) is 9.97 Å². The fourth-order valence-electron chi connectivity index (χ4n) is 2.98. The third-order valence-electron chi connectivity index (χ3n) is 4.23.